The summed E-state index contributed by atoms with van der Waals surface area (Å²) in [6.07, 6.45) is 1.80. The van der Waals surface area contributed by atoms with E-state index in [1.165, 1.54) is 0 Å². The third kappa shape index (κ3) is 8.26. The van der Waals surface area contributed by atoms with E-state index in [0.717, 1.165) is 0 Å². The molecule has 0 heterocycles. The van der Waals surface area contributed by atoms with Gasteiger partial charge in [0.15, 0.2) is 0 Å². The Hall–Kier alpha value is -2.70. The maximum absolute atomic E-state index is 12.3. The highest BCUT2D eigenvalue weighted by Crippen LogP contribution is 2.38. The number of carbonyl (C=O) groups excluding carboxylic acids is 3. The van der Waals surface area contributed by atoms with E-state index in [2.05, 4.69) is 0 Å². The summed E-state index contributed by atoms with van der Waals surface area (Å²) in [6, 6.07) is 6.80. The van der Waals surface area contributed by atoms with E-state index in [-0.39, 0.29) is 25.0 Å². The van der Waals surface area contributed by atoms with Gasteiger partial charge in [-0.1, -0.05) is 32.0 Å². The number of carbonyl (C=O) groups is 3. The molecule has 4 N–H and O–H groups in total. The monoisotopic (exact) mass is 499 g/mol. The molecule has 1 aromatic rings. The predicted molar refractivity (Wildman–Crippen MR) is 122 cm³/mol. The van der Waals surface area contributed by atoms with Gasteiger partial charge in [0.2, 0.25) is 5.91 Å². The molecular formula is C22H33N3O8S. The molecule has 0 aliphatic heterocycles. The van der Waals surface area contributed by atoms with E-state index in [0.29, 0.717) is 36.3 Å². The average molecular weight is 500 g/mol. The van der Waals surface area contributed by atoms with E-state index >= 15 is 0 Å². The fourth-order valence-electron chi connectivity index (χ4n) is 3.58. The lowest BCUT2D eigenvalue weighted by atomic mass is 9.71. The van der Waals surface area contributed by atoms with Crippen LogP contribution >= 0.6 is 0 Å². The van der Waals surface area contributed by atoms with Crippen molar-refractivity contribution in [1.82, 2.24) is 5.06 Å². The first kappa shape index (κ1) is 27.5. The number of primary amides is 2. The van der Waals surface area contributed by atoms with E-state index in [1.54, 1.807) is 51.1 Å². The minimum atomic E-state index is -4.58. The summed E-state index contributed by atoms with van der Waals surface area (Å²) in [5.74, 6) is -1.37. The summed E-state index contributed by atoms with van der Waals surface area (Å²) >= 11 is 0. The molecule has 0 radical (unpaired) electrons. The number of rotatable bonds is 13. The largest absolute Gasteiger partial charge is 0.462 e. The van der Waals surface area contributed by atoms with Crippen molar-refractivity contribution < 1.29 is 36.0 Å². The molecule has 1 fully saturated rings. The molecule has 2 rings (SSSR count). The first-order valence-electron chi connectivity index (χ1n) is 11.0. The molecule has 0 unspecified atom stereocenters. The van der Waals surface area contributed by atoms with Crippen LogP contribution in [0.1, 0.15) is 56.8 Å². The van der Waals surface area contributed by atoms with Gasteiger partial charge in [0, 0.05) is 5.92 Å². The molecule has 3 amide bonds. The van der Waals surface area contributed by atoms with E-state index < -0.39 is 39.8 Å². The number of esters is 1. The maximum atomic E-state index is 12.3. The van der Waals surface area contributed by atoms with Crippen LogP contribution in [0.3, 0.4) is 0 Å². The molecule has 0 spiro atoms. The van der Waals surface area contributed by atoms with Crippen molar-refractivity contribution in [3.05, 3.63) is 35.9 Å². The van der Waals surface area contributed by atoms with E-state index in [1.807, 2.05) is 0 Å². The predicted octanol–water partition coefficient (Wildman–Crippen LogP) is 2.12. The second kappa shape index (κ2) is 11.6. The summed E-state index contributed by atoms with van der Waals surface area (Å²) in [5, 5.41) is 0.549. The van der Waals surface area contributed by atoms with Crippen molar-refractivity contribution in [2.45, 2.75) is 52.5 Å². The normalized spacial score (nSPS) is 19.0. The molecule has 34 heavy (non-hydrogen) atoms. The number of nitrogens with zero attached hydrogens (tertiary/aromatic N) is 1. The third-order valence-electron chi connectivity index (χ3n) is 5.85. The molecule has 12 heteroatoms. The van der Waals surface area contributed by atoms with E-state index in [9.17, 15) is 22.8 Å². The minimum absolute atomic E-state index is 0.168. The third-order valence-corrected chi connectivity index (χ3v) is 6.60. The molecule has 1 saturated carbocycles. The molecule has 1 atom stereocenters. The highest BCUT2D eigenvalue weighted by molar-refractivity contribution is 7.81. The van der Waals surface area contributed by atoms with Gasteiger partial charge in [-0.3, -0.25) is 4.79 Å². The highest BCUT2D eigenvalue weighted by atomic mass is 32.3. The van der Waals surface area contributed by atoms with Gasteiger partial charge < -0.3 is 16.2 Å². The molecular weight excluding hydrogens is 466 g/mol. The average Bonchev–Trinajstić information content (AvgIpc) is 2.73. The topological polar surface area (TPSA) is 168 Å². The number of urea groups is 1. The van der Waals surface area contributed by atoms with Crippen molar-refractivity contribution in [2.24, 2.45) is 28.7 Å². The number of benzene rings is 1. The van der Waals surface area contributed by atoms with Crippen molar-refractivity contribution in [2.75, 3.05) is 13.2 Å². The van der Waals surface area contributed by atoms with Crippen LogP contribution < -0.4 is 11.5 Å². The fraction of sp³-hybridized carbons (Fsp3) is 0.591. The fourth-order valence-corrected chi connectivity index (χ4v) is 4.49. The number of amides is 3. The summed E-state index contributed by atoms with van der Waals surface area (Å²) in [4.78, 5) is 34.9. The summed E-state index contributed by atoms with van der Waals surface area (Å²) in [5.41, 5.74) is 10.4. The standard InChI is InChI=1S/C22H33N3O8S/c1-15(17-12-18(13-17)19(23)26)25(21(24)28)33-34(29,30)32-14-22(2,3)10-7-11-31-20(27)16-8-5-4-6-9-16/h4-6,8-9,15,17-18H,7,10-14H2,1-3H3,(H2,23,26)(H2,24,28)/t15-,17?,18?/m0/s1. The second-order valence-electron chi connectivity index (χ2n) is 9.25. The first-order chi connectivity index (χ1) is 15.8. The zero-order valence-corrected chi connectivity index (χ0v) is 20.5. The van der Waals surface area contributed by atoms with Gasteiger partial charge >= 0.3 is 22.4 Å². The van der Waals surface area contributed by atoms with E-state index in [4.69, 9.17) is 24.7 Å². The molecule has 1 aliphatic rings. The maximum Gasteiger partial charge on any atom is 0.421 e. The van der Waals surface area contributed by atoms with Crippen LogP contribution in [0, 0.1) is 17.3 Å². The van der Waals surface area contributed by atoms with Gasteiger partial charge in [0.1, 0.15) is 0 Å². The highest BCUT2D eigenvalue weighted by Gasteiger charge is 2.41. The molecule has 1 aliphatic carbocycles. The Balaban J connectivity index is 1.79. The van der Waals surface area contributed by atoms with Crippen molar-refractivity contribution in [3.8, 4) is 0 Å². The Labute approximate surface area is 200 Å². The minimum Gasteiger partial charge on any atom is -0.462 e. The number of ether oxygens (including phenoxy) is 1. The molecule has 11 nitrogen and oxygen atoms in total. The lowest BCUT2D eigenvalue weighted by molar-refractivity contribution is -0.130. The second-order valence-corrected chi connectivity index (χ2v) is 10.5. The lowest BCUT2D eigenvalue weighted by Crippen LogP contribution is -2.51. The Morgan fingerprint density at radius 1 is 1.15 bits per heavy atom. The Morgan fingerprint density at radius 3 is 2.32 bits per heavy atom. The van der Waals surface area contributed by atoms with Crippen molar-refractivity contribution in [1.29, 1.82) is 0 Å². The smallest absolute Gasteiger partial charge is 0.421 e. The first-order valence-corrected chi connectivity index (χ1v) is 12.3. The zero-order valence-electron chi connectivity index (χ0n) is 19.6. The van der Waals surface area contributed by atoms with Crippen LogP contribution in [0.15, 0.2) is 30.3 Å². The van der Waals surface area contributed by atoms with Gasteiger partial charge in [0.05, 0.1) is 24.8 Å². The van der Waals surface area contributed by atoms with Crippen molar-refractivity contribution >= 4 is 28.3 Å². The Morgan fingerprint density at radius 2 is 1.76 bits per heavy atom. The molecule has 0 saturated heterocycles. The zero-order chi connectivity index (χ0) is 25.5. The SMILES string of the molecule is C[C@@H](C1CC(C(N)=O)C1)N(OS(=O)(=O)OCC(C)(C)CCCOC(=O)c1ccccc1)C(N)=O. The van der Waals surface area contributed by atoms with Gasteiger partial charge in [-0.15, -0.1) is 4.28 Å². The van der Waals surface area contributed by atoms with Gasteiger partial charge in [-0.25, -0.2) is 13.8 Å². The number of hydrogen-bond donors (Lipinski definition) is 2. The molecule has 0 bridgehead atoms. The Kier molecular flexibility index (Phi) is 9.42. The van der Waals surface area contributed by atoms with Gasteiger partial charge in [-0.2, -0.15) is 13.5 Å². The summed E-state index contributed by atoms with van der Waals surface area (Å²) in [7, 11) is -4.58. The van der Waals surface area contributed by atoms with Crippen LogP contribution in [0.4, 0.5) is 4.79 Å². The van der Waals surface area contributed by atoms with Crippen LogP contribution in [-0.4, -0.2) is 50.6 Å². The molecule has 0 aromatic heterocycles. The van der Waals surface area contributed by atoms with Crippen LogP contribution in [0.5, 0.6) is 0 Å². The number of nitrogens with two attached hydrogens (primary N) is 2. The quantitative estimate of drug-likeness (QED) is 0.236. The van der Waals surface area contributed by atoms with Crippen LogP contribution in [0.25, 0.3) is 0 Å². The number of hydrogen-bond acceptors (Lipinski definition) is 8. The summed E-state index contributed by atoms with van der Waals surface area (Å²) in [6.45, 7) is 5.09. The van der Waals surface area contributed by atoms with Crippen LogP contribution in [-0.2, 0) is 28.4 Å². The number of hydroxylamine groups is 2. The van der Waals surface area contributed by atoms with Crippen LogP contribution in [0.2, 0.25) is 0 Å². The van der Waals surface area contributed by atoms with Crippen molar-refractivity contribution in [3.63, 3.8) is 0 Å². The molecule has 190 valence electrons. The van der Waals surface area contributed by atoms with Gasteiger partial charge in [-0.05, 0) is 56.1 Å². The Bertz CT molecular complexity index is 962. The van der Waals surface area contributed by atoms with Gasteiger partial charge in [0.25, 0.3) is 0 Å². The lowest BCUT2D eigenvalue weighted by Gasteiger charge is -2.40. The molecule has 1 aromatic carbocycles. The summed E-state index contributed by atoms with van der Waals surface area (Å²) < 4.78 is 39.7.